The van der Waals surface area contributed by atoms with E-state index in [0.29, 0.717) is 5.56 Å². The Morgan fingerprint density at radius 1 is 1.05 bits per heavy atom. The normalized spacial score (nSPS) is 21.4. The van der Waals surface area contributed by atoms with Gasteiger partial charge in [0.25, 0.3) is 10.1 Å². The van der Waals surface area contributed by atoms with E-state index in [0.717, 1.165) is 0 Å². The summed E-state index contributed by atoms with van der Waals surface area (Å²) in [7, 11) is -3.86. The summed E-state index contributed by atoms with van der Waals surface area (Å²) >= 11 is 0. The molecule has 124 valence electrons. The van der Waals surface area contributed by atoms with Crippen LogP contribution in [-0.4, -0.2) is 25.7 Å². The largest absolute Gasteiger partial charge is 0.339 e. The van der Waals surface area contributed by atoms with Crippen LogP contribution in [0.15, 0.2) is 29.2 Å². The van der Waals surface area contributed by atoms with E-state index in [1.54, 1.807) is 32.0 Å². The lowest BCUT2D eigenvalue weighted by Crippen LogP contribution is -2.41. The van der Waals surface area contributed by atoms with E-state index in [4.69, 9.17) is 13.7 Å². The highest BCUT2D eigenvalue weighted by Crippen LogP contribution is 2.46. The van der Waals surface area contributed by atoms with Gasteiger partial charge in [-0.2, -0.15) is 8.42 Å². The summed E-state index contributed by atoms with van der Waals surface area (Å²) in [5.74, 6) is 0. The predicted octanol–water partition coefficient (Wildman–Crippen LogP) is 3.40. The van der Waals surface area contributed by atoms with E-state index in [9.17, 15) is 8.42 Å². The summed E-state index contributed by atoms with van der Waals surface area (Å²) in [6.45, 7) is 11.1. The molecule has 0 unspecified atom stereocenters. The van der Waals surface area contributed by atoms with Crippen LogP contribution in [0.2, 0.25) is 0 Å². The van der Waals surface area contributed by atoms with Crippen LogP contribution in [0.1, 0.15) is 53.4 Å². The second-order valence-electron chi connectivity index (χ2n) is 6.73. The molecule has 1 aromatic rings. The minimum absolute atomic E-state index is 0.0854. The molecule has 0 N–H and O–H groups in total. The predicted molar refractivity (Wildman–Crippen MR) is 82.9 cm³/mol. The van der Waals surface area contributed by atoms with E-state index >= 15 is 0 Å². The number of rotatable bonds is 4. The van der Waals surface area contributed by atoms with Crippen LogP contribution in [0.3, 0.4) is 0 Å². The molecule has 2 rings (SSSR count). The molecular weight excluding hydrogens is 304 g/mol. The molecule has 1 fully saturated rings. The molecule has 1 heterocycles. The minimum atomic E-state index is -3.86. The molecule has 0 spiro atoms. The first-order chi connectivity index (χ1) is 9.96. The van der Waals surface area contributed by atoms with Crippen LogP contribution >= 0.6 is 0 Å². The lowest BCUT2D eigenvalue weighted by molar-refractivity contribution is -0.0914. The van der Waals surface area contributed by atoms with Gasteiger partial charge in [0.2, 0.25) is 0 Å². The molecule has 1 aromatic carbocycles. The molecule has 0 aliphatic carbocycles. The highest BCUT2D eigenvalue weighted by atomic mass is 32.2. The summed E-state index contributed by atoms with van der Waals surface area (Å²) in [6, 6.07) is 6.62. The molecule has 0 radical (unpaired) electrons. The zero-order chi connectivity index (χ0) is 16.8. The average molecular weight is 328 g/mol. The van der Waals surface area contributed by atoms with Gasteiger partial charge in [0.05, 0.1) is 17.3 Å². The van der Waals surface area contributed by atoms with E-state index in [1.807, 2.05) is 27.7 Å². The molecular formula is C16H24O5S. The smallest absolute Gasteiger partial charge is 0.297 e. The Morgan fingerprint density at radius 2 is 1.55 bits per heavy atom. The van der Waals surface area contributed by atoms with Crippen molar-refractivity contribution < 1.29 is 22.1 Å². The minimum Gasteiger partial charge on any atom is -0.339 e. The number of hydrogen-bond acceptors (Lipinski definition) is 5. The molecule has 6 heteroatoms. The van der Waals surface area contributed by atoms with Crippen LogP contribution in [0, 0.1) is 0 Å². The van der Waals surface area contributed by atoms with Crippen LogP contribution in [0.25, 0.3) is 0 Å². The average Bonchev–Trinajstić information content (AvgIpc) is 2.57. The molecule has 1 aliphatic heterocycles. The Kier molecular flexibility index (Phi) is 4.43. The maximum Gasteiger partial charge on any atom is 0.297 e. The van der Waals surface area contributed by atoms with E-state index in [2.05, 4.69) is 0 Å². The Bertz CT molecular complexity index is 630. The van der Waals surface area contributed by atoms with Crippen LogP contribution < -0.4 is 0 Å². The molecule has 0 bridgehead atoms. The highest BCUT2D eigenvalue weighted by Gasteiger charge is 2.50. The van der Waals surface area contributed by atoms with Gasteiger partial charge in [-0.05, 0) is 47.6 Å². The molecule has 5 nitrogen and oxygen atoms in total. The van der Waals surface area contributed by atoms with Gasteiger partial charge < -0.3 is 9.47 Å². The Balaban J connectivity index is 2.43. The summed E-state index contributed by atoms with van der Waals surface area (Å²) in [4.78, 5) is 0.0854. The lowest BCUT2D eigenvalue weighted by Gasteiger charge is -2.30. The van der Waals surface area contributed by atoms with Gasteiger partial charge >= 0.3 is 0 Å². The first kappa shape index (κ1) is 17.4. The Hall–Kier alpha value is -0.950. The van der Waals surface area contributed by atoms with Gasteiger partial charge in [-0.25, -0.2) is 0 Å². The quantitative estimate of drug-likeness (QED) is 0.793. The van der Waals surface area contributed by atoms with E-state index in [1.165, 1.54) is 6.07 Å². The van der Waals surface area contributed by atoms with Gasteiger partial charge in [0.15, 0.2) is 6.29 Å². The second-order valence-corrected chi connectivity index (χ2v) is 8.27. The van der Waals surface area contributed by atoms with Crippen molar-refractivity contribution in [2.24, 2.45) is 0 Å². The van der Waals surface area contributed by atoms with Crippen LogP contribution in [0.5, 0.6) is 0 Å². The molecule has 1 saturated heterocycles. The number of ether oxygens (including phenoxy) is 2. The van der Waals surface area contributed by atoms with E-state index in [-0.39, 0.29) is 4.90 Å². The Morgan fingerprint density at radius 3 is 2.05 bits per heavy atom. The zero-order valence-corrected chi connectivity index (χ0v) is 14.7. The Labute approximate surface area is 132 Å². The van der Waals surface area contributed by atoms with Crippen molar-refractivity contribution in [2.45, 2.75) is 70.0 Å². The van der Waals surface area contributed by atoms with Gasteiger partial charge in [-0.3, -0.25) is 4.18 Å². The number of hydrogen-bond donors (Lipinski definition) is 0. The third kappa shape index (κ3) is 3.20. The van der Waals surface area contributed by atoms with Crippen molar-refractivity contribution in [3.05, 3.63) is 29.8 Å². The van der Waals surface area contributed by atoms with Gasteiger partial charge in [-0.15, -0.1) is 0 Å². The molecule has 0 atom stereocenters. The van der Waals surface area contributed by atoms with Gasteiger partial charge in [0, 0.05) is 5.56 Å². The van der Waals surface area contributed by atoms with Crippen molar-refractivity contribution in [1.82, 2.24) is 0 Å². The molecule has 1 aliphatic rings. The molecule has 0 saturated carbocycles. The maximum atomic E-state index is 12.4. The topological polar surface area (TPSA) is 61.8 Å². The SMILES string of the molecule is CC(C)OS(=O)(=O)c1ccccc1C1OC(C)(C)C(C)(C)O1. The fourth-order valence-corrected chi connectivity index (χ4v) is 3.49. The van der Waals surface area contributed by atoms with Crippen LogP contribution in [-0.2, 0) is 23.8 Å². The first-order valence-corrected chi connectivity index (χ1v) is 8.75. The summed E-state index contributed by atoms with van der Waals surface area (Å²) in [5, 5.41) is 0. The second kappa shape index (κ2) is 5.60. The van der Waals surface area contributed by atoms with Gasteiger partial charge in [-0.1, -0.05) is 18.2 Å². The van der Waals surface area contributed by atoms with Crippen molar-refractivity contribution in [3.8, 4) is 0 Å². The van der Waals surface area contributed by atoms with Crippen molar-refractivity contribution >= 4 is 10.1 Å². The molecule has 0 aromatic heterocycles. The third-order valence-electron chi connectivity index (χ3n) is 4.01. The summed E-state index contributed by atoms with van der Waals surface area (Å²) in [5.41, 5.74) is -0.609. The van der Waals surface area contributed by atoms with Crippen molar-refractivity contribution in [3.63, 3.8) is 0 Å². The molecule has 0 amide bonds. The van der Waals surface area contributed by atoms with E-state index < -0.39 is 33.7 Å². The third-order valence-corrected chi connectivity index (χ3v) is 5.56. The number of benzene rings is 1. The highest BCUT2D eigenvalue weighted by molar-refractivity contribution is 7.86. The van der Waals surface area contributed by atoms with Crippen molar-refractivity contribution in [2.75, 3.05) is 0 Å². The molecule has 22 heavy (non-hydrogen) atoms. The standard InChI is InChI=1S/C16H24O5S/c1-11(2)21-22(17,18)13-10-8-7-9-12(13)14-19-15(3,4)16(5,6)20-14/h7-11,14H,1-6H3. The van der Waals surface area contributed by atoms with Crippen molar-refractivity contribution in [1.29, 1.82) is 0 Å². The maximum absolute atomic E-state index is 12.4. The monoisotopic (exact) mass is 328 g/mol. The summed E-state index contributed by atoms with van der Waals surface area (Å²) in [6.07, 6.45) is -1.18. The summed E-state index contributed by atoms with van der Waals surface area (Å²) < 4.78 is 41.8. The fraction of sp³-hybridized carbons (Fsp3) is 0.625. The lowest BCUT2D eigenvalue weighted by atomic mass is 9.90. The zero-order valence-electron chi connectivity index (χ0n) is 13.9. The first-order valence-electron chi connectivity index (χ1n) is 7.34. The van der Waals surface area contributed by atoms with Crippen LogP contribution in [0.4, 0.5) is 0 Å². The fourth-order valence-electron chi connectivity index (χ4n) is 2.18. The van der Waals surface area contributed by atoms with Gasteiger partial charge in [0.1, 0.15) is 4.90 Å².